The van der Waals surface area contributed by atoms with Gasteiger partial charge in [0.15, 0.2) is 0 Å². The molecule has 0 fully saturated rings. The first kappa shape index (κ1) is 11.3. The van der Waals surface area contributed by atoms with Crippen molar-refractivity contribution in [2.24, 2.45) is 0 Å². The zero-order chi connectivity index (χ0) is 12.4. The Labute approximate surface area is 97.6 Å². The second-order valence-corrected chi connectivity index (χ2v) is 3.64. The molecule has 0 bridgehead atoms. The summed E-state index contributed by atoms with van der Waals surface area (Å²) in [5, 5.41) is 8.85. The number of nitrogens with zero attached hydrogens (tertiary/aromatic N) is 1. The first-order valence-corrected chi connectivity index (χ1v) is 5.04. The van der Waals surface area contributed by atoms with Crippen LogP contribution in [0.5, 0.6) is 0 Å². The van der Waals surface area contributed by atoms with Gasteiger partial charge in [-0.15, -0.1) is 0 Å². The van der Waals surface area contributed by atoms with Gasteiger partial charge in [0, 0.05) is 17.5 Å². The minimum atomic E-state index is -1.27. The molecule has 0 atom stereocenters. The molecule has 0 spiro atoms. The number of carbonyl (C=O) groups is 1. The number of hydrogen-bond acceptors (Lipinski definition) is 2. The Balaban J connectivity index is 2.58. The van der Waals surface area contributed by atoms with Gasteiger partial charge in [0.25, 0.3) is 0 Å². The minimum Gasteiger partial charge on any atom is -0.478 e. The molecule has 0 aliphatic carbocycles. The smallest absolute Gasteiger partial charge is 0.338 e. The third-order valence-corrected chi connectivity index (χ3v) is 2.51. The summed E-state index contributed by atoms with van der Waals surface area (Å²) in [7, 11) is 0. The first-order chi connectivity index (χ1) is 8.09. The molecule has 0 saturated heterocycles. The van der Waals surface area contributed by atoms with E-state index in [1.807, 2.05) is 13.0 Å². The lowest BCUT2D eigenvalue weighted by Gasteiger charge is -2.06. The summed E-state index contributed by atoms with van der Waals surface area (Å²) in [6.07, 6.45) is 1.65. The lowest BCUT2D eigenvalue weighted by molar-refractivity contribution is 0.0692. The van der Waals surface area contributed by atoms with E-state index in [0.717, 1.165) is 17.3 Å². The van der Waals surface area contributed by atoms with Crippen molar-refractivity contribution < 1.29 is 14.3 Å². The molecule has 1 heterocycles. The van der Waals surface area contributed by atoms with Crippen LogP contribution in [0.1, 0.15) is 16.1 Å². The van der Waals surface area contributed by atoms with Crippen LogP contribution in [0, 0.1) is 12.7 Å². The van der Waals surface area contributed by atoms with Crippen molar-refractivity contribution in [3.05, 3.63) is 53.6 Å². The predicted molar refractivity (Wildman–Crippen MR) is 61.3 cm³/mol. The van der Waals surface area contributed by atoms with Crippen LogP contribution in [0.2, 0.25) is 0 Å². The van der Waals surface area contributed by atoms with Gasteiger partial charge in [0.1, 0.15) is 5.82 Å². The Kier molecular flexibility index (Phi) is 2.87. The molecule has 0 aliphatic heterocycles. The summed E-state index contributed by atoms with van der Waals surface area (Å²) in [6, 6.07) is 7.60. The van der Waals surface area contributed by atoms with Gasteiger partial charge in [-0.05, 0) is 30.7 Å². The molecule has 0 radical (unpaired) electrons. The standard InChI is InChI=1S/C13H10FNO2/c1-8-10(3-2-6-15-8)9-4-5-12(14)11(7-9)13(16)17/h2-7H,1H3,(H,16,17). The van der Waals surface area contributed by atoms with Crippen LogP contribution in [-0.4, -0.2) is 16.1 Å². The molecule has 1 aromatic heterocycles. The molecule has 17 heavy (non-hydrogen) atoms. The third-order valence-electron chi connectivity index (χ3n) is 2.51. The number of halogens is 1. The SMILES string of the molecule is Cc1ncccc1-c1ccc(F)c(C(=O)O)c1. The number of pyridine rings is 1. The van der Waals surface area contributed by atoms with E-state index in [-0.39, 0.29) is 5.56 Å². The van der Waals surface area contributed by atoms with Crippen molar-refractivity contribution in [2.75, 3.05) is 0 Å². The van der Waals surface area contributed by atoms with E-state index >= 15 is 0 Å². The summed E-state index contributed by atoms with van der Waals surface area (Å²) in [6.45, 7) is 1.82. The Morgan fingerprint density at radius 3 is 2.76 bits per heavy atom. The molecule has 4 heteroatoms. The monoisotopic (exact) mass is 231 g/mol. The summed E-state index contributed by atoms with van der Waals surface area (Å²) >= 11 is 0. The van der Waals surface area contributed by atoms with E-state index in [1.54, 1.807) is 18.3 Å². The number of aromatic carboxylic acids is 1. The lowest BCUT2D eigenvalue weighted by atomic mass is 10.0. The fourth-order valence-corrected chi connectivity index (χ4v) is 1.65. The largest absolute Gasteiger partial charge is 0.478 e. The molecular weight excluding hydrogens is 221 g/mol. The van der Waals surface area contributed by atoms with Gasteiger partial charge in [0.2, 0.25) is 0 Å². The maximum atomic E-state index is 13.2. The summed E-state index contributed by atoms with van der Waals surface area (Å²) in [5.41, 5.74) is 1.89. The van der Waals surface area contributed by atoms with E-state index in [0.29, 0.717) is 5.56 Å². The average molecular weight is 231 g/mol. The van der Waals surface area contributed by atoms with Gasteiger partial charge in [-0.2, -0.15) is 0 Å². The molecule has 1 aromatic carbocycles. The van der Waals surface area contributed by atoms with Crippen LogP contribution in [0.25, 0.3) is 11.1 Å². The third kappa shape index (κ3) is 2.15. The molecule has 0 unspecified atom stereocenters. The van der Waals surface area contributed by atoms with Crippen LogP contribution in [-0.2, 0) is 0 Å². The fraction of sp³-hybridized carbons (Fsp3) is 0.0769. The molecule has 2 aromatic rings. The normalized spacial score (nSPS) is 10.2. The lowest BCUT2D eigenvalue weighted by Crippen LogP contribution is -2.01. The molecule has 1 N–H and O–H groups in total. The average Bonchev–Trinajstić information content (AvgIpc) is 2.30. The topological polar surface area (TPSA) is 50.2 Å². The number of aromatic nitrogens is 1. The highest BCUT2D eigenvalue weighted by atomic mass is 19.1. The van der Waals surface area contributed by atoms with E-state index < -0.39 is 11.8 Å². The Morgan fingerprint density at radius 1 is 1.35 bits per heavy atom. The second-order valence-electron chi connectivity index (χ2n) is 3.64. The van der Waals surface area contributed by atoms with E-state index in [2.05, 4.69) is 4.98 Å². The zero-order valence-electron chi connectivity index (χ0n) is 9.14. The summed E-state index contributed by atoms with van der Waals surface area (Å²) in [5.74, 6) is -2.01. The molecular formula is C13H10FNO2. The Bertz CT molecular complexity index is 581. The van der Waals surface area contributed by atoms with Crippen molar-refractivity contribution in [1.82, 2.24) is 4.98 Å². The van der Waals surface area contributed by atoms with Gasteiger partial charge in [-0.25, -0.2) is 9.18 Å². The van der Waals surface area contributed by atoms with Crippen molar-refractivity contribution in [1.29, 1.82) is 0 Å². The molecule has 0 amide bonds. The number of carboxylic acids is 1. The van der Waals surface area contributed by atoms with Gasteiger partial charge < -0.3 is 5.11 Å². The van der Waals surface area contributed by atoms with Crippen LogP contribution < -0.4 is 0 Å². The molecule has 2 rings (SSSR count). The quantitative estimate of drug-likeness (QED) is 0.864. The number of carboxylic acid groups (broad SMARTS) is 1. The first-order valence-electron chi connectivity index (χ1n) is 5.04. The van der Waals surface area contributed by atoms with Crippen LogP contribution in [0.4, 0.5) is 4.39 Å². The molecule has 0 aliphatic rings. The summed E-state index contributed by atoms with van der Waals surface area (Å²) in [4.78, 5) is 14.9. The van der Waals surface area contributed by atoms with Gasteiger partial charge >= 0.3 is 5.97 Å². The number of rotatable bonds is 2. The van der Waals surface area contributed by atoms with E-state index in [1.165, 1.54) is 6.07 Å². The van der Waals surface area contributed by atoms with E-state index in [4.69, 9.17) is 5.11 Å². The summed E-state index contributed by atoms with van der Waals surface area (Å²) < 4.78 is 13.2. The van der Waals surface area contributed by atoms with Gasteiger partial charge in [-0.1, -0.05) is 12.1 Å². The molecule has 3 nitrogen and oxygen atoms in total. The van der Waals surface area contributed by atoms with Crippen LogP contribution in [0.15, 0.2) is 36.5 Å². The van der Waals surface area contributed by atoms with Crippen molar-refractivity contribution in [3.8, 4) is 11.1 Å². The van der Waals surface area contributed by atoms with Crippen molar-refractivity contribution in [2.45, 2.75) is 6.92 Å². The Hall–Kier alpha value is -2.23. The molecule has 0 saturated carbocycles. The van der Waals surface area contributed by atoms with Crippen molar-refractivity contribution in [3.63, 3.8) is 0 Å². The van der Waals surface area contributed by atoms with Crippen molar-refractivity contribution >= 4 is 5.97 Å². The highest BCUT2D eigenvalue weighted by Crippen LogP contribution is 2.23. The van der Waals surface area contributed by atoms with Gasteiger partial charge in [0.05, 0.1) is 5.56 Å². The highest BCUT2D eigenvalue weighted by Gasteiger charge is 2.12. The maximum Gasteiger partial charge on any atom is 0.338 e. The predicted octanol–water partition coefficient (Wildman–Crippen LogP) is 2.89. The number of benzene rings is 1. The van der Waals surface area contributed by atoms with Gasteiger partial charge in [-0.3, -0.25) is 4.98 Å². The van der Waals surface area contributed by atoms with E-state index in [9.17, 15) is 9.18 Å². The van der Waals surface area contributed by atoms with Crippen LogP contribution >= 0.6 is 0 Å². The Morgan fingerprint density at radius 2 is 2.12 bits per heavy atom. The zero-order valence-corrected chi connectivity index (χ0v) is 9.14. The highest BCUT2D eigenvalue weighted by molar-refractivity contribution is 5.89. The number of hydrogen-bond donors (Lipinski definition) is 1. The minimum absolute atomic E-state index is 0.328. The van der Waals surface area contributed by atoms with Crippen LogP contribution in [0.3, 0.4) is 0 Å². The molecule has 86 valence electrons. The number of aryl methyl sites for hydroxylation is 1. The fourth-order valence-electron chi connectivity index (χ4n) is 1.65. The maximum absolute atomic E-state index is 13.2. The second kappa shape index (κ2) is 4.33.